The first-order valence-corrected chi connectivity index (χ1v) is 7.89. The van der Waals surface area contributed by atoms with E-state index in [9.17, 15) is 4.79 Å². The normalized spacial score (nSPS) is 11.7. The molecule has 8 heteroatoms. The van der Waals surface area contributed by atoms with E-state index in [0.717, 1.165) is 0 Å². The van der Waals surface area contributed by atoms with Crippen molar-refractivity contribution in [3.05, 3.63) is 54.2 Å². The molecule has 26 heavy (non-hydrogen) atoms. The Bertz CT molecular complexity index is 895. The molecule has 2 aromatic heterocycles. The molecule has 0 aliphatic rings. The van der Waals surface area contributed by atoms with Crippen molar-refractivity contribution >= 4 is 5.91 Å². The number of methoxy groups -OCH3 is 2. The molecule has 0 saturated carbocycles. The Morgan fingerprint density at radius 2 is 2.00 bits per heavy atom. The Balaban J connectivity index is 1.76. The summed E-state index contributed by atoms with van der Waals surface area (Å²) in [6.45, 7) is 1.76. The molecule has 1 N–H and O–H groups in total. The Labute approximate surface area is 150 Å². The maximum Gasteiger partial charge on any atom is 0.253 e. The third-order valence-electron chi connectivity index (χ3n) is 3.73. The summed E-state index contributed by atoms with van der Waals surface area (Å²) in [7, 11) is 3.12. The summed E-state index contributed by atoms with van der Waals surface area (Å²) in [6, 6.07) is 8.24. The van der Waals surface area contributed by atoms with E-state index < -0.39 is 6.04 Å². The number of carbonyl (C=O) groups excluding carboxylic acids is 1. The van der Waals surface area contributed by atoms with Crippen LogP contribution in [0.15, 0.2) is 47.2 Å². The number of nitrogens with zero attached hydrogens (tertiary/aromatic N) is 3. The summed E-state index contributed by atoms with van der Waals surface area (Å²) in [6.07, 6.45) is 3.10. The van der Waals surface area contributed by atoms with Gasteiger partial charge in [0.2, 0.25) is 11.7 Å². The van der Waals surface area contributed by atoms with Crippen LogP contribution in [0.5, 0.6) is 11.5 Å². The highest BCUT2D eigenvalue weighted by atomic mass is 16.5. The third kappa shape index (κ3) is 3.64. The number of benzene rings is 1. The van der Waals surface area contributed by atoms with Crippen LogP contribution in [0.1, 0.15) is 29.2 Å². The van der Waals surface area contributed by atoms with Crippen LogP contribution < -0.4 is 14.8 Å². The average Bonchev–Trinajstić information content (AvgIpc) is 3.18. The first-order chi connectivity index (χ1) is 12.6. The van der Waals surface area contributed by atoms with Crippen LogP contribution in [0, 0.1) is 0 Å². The summed E-state index contributed by atoms with van der Waals surface area (Å²) in [5.41, 5.74) is 1.17. The number of carbonyl (C=O) groups is 1. The largest absolute Gasteiger partial charge is 0.493 e. The summed E-state index contributed by atoms with van der Waals surface area (Å²) in [5.74, 6) is 1.60. The second-order valence-electron chi connectivity index (χ2n) is 5.46. The lowest BCUT2D eigenvalue weighted by atomic mass is 10.2. The van der Waals surface area contributed by atoms with Crippen LogP contribution >= 0.6 is 0 Å². The Hall–Kier alpha value is -3.42. The van der Waals surface area contributed by atoms with Crippen LogP contribution in [-0.2, 0) is 0 Å². The van der Waals surface area contributed by atoms with Crippen molar-refractivity contribution in [2.24, 2.45) is 0 Å². The molecule has 0 spiro atoms. The minimum absolute atomic E-state index is 0.267. The number of rotatable bonds is 6. The third-order valence-corrected chi connectivity index (χ3v) is 3.73. The molecular weight excluding hydrogens is 336 g/mol. The van der Waals surface area contributed by atoms with E-state index >= 15 is 0 Å². The molecule has 1 atom stereocenters. The number of hydrogen-bond donors (Lipinski definition) is 1. The molecule has 0 saturated heterocycles. The molecule has 3 aromatic rings. The fourth-order valence-electron chi connectivity index (χ4n) is 2.34. The van der Waals surface area contributed by atoms with Crippen molar-refractivity contribution in [1.29, 1.82) is 0 Å². The van der Waals surface area contributed by atoms with E-state index in [4.69, 9.17) is 14.0 Å². The molecule has 1 aromatic carbocycles. The summed E-state index contributed by atoms with van der Waals surface area (Å²) in [5, 5.41) is 6.77. The lowest BCUT2D eigenvalue weighted by Crippen LogP contribution is -2.26. The highest BCUT2D eigenvalue weighted by Crippen LogP contribution is 2.31. The monoisotopic (exact) mass is 354 g/mol. The van der Waals surface area contributed by atoms with Crippen LogP contribution in [0.25, 0.3) is 11.4 Å². The van der Waals surface area contributed by atoms with Gasteiger partial charge in [-0.15, -0.1) is 0 Å². The zero-order chi connectivity index (χ0) is 18.5. The predicted octanol–water partition coefficient (Wildman–Crippen LogP) is 2.64. The SMILES string of the molecule is COc1ccc(-c2noc([C@@H](C)NC(=O)c3cccnc3)n2)cc1OC. The van der Waals surface area contributed by atoms with Crippen molar-refractivity contribution < 1.29 is 18.8 Å². The second kappa shape index (κ2) is 7.64. The molecule has 0 bridgehead atoms. The standard InChI is InChI=1S/C18H18N4O4/c1-11(20-17(23)13-5-4-8-19-10-13)18-21-16(22-26-18)12-6-7-14(24-2)15(9-12)25-3/h4-11H,1-3H3,(H,20,23)/t11-/m1/s1. The Kier molecular flexibility index (Phi) is 5.12. The fourth-order valence-corrected chi connectivity index (χ4v) is 2.34. The molecule has 8 nitrogen and oxygen atoms in total. The second-order valence-corrected chi connectivity index (χ2v) is 5.46. The van der Waals surface area contributed by atoms with E-state index in [2.05, 4.69) is 20.4 Å². The van der Waals surface area contributed by atoms with Crippen LogP contribution in [0.3, 0.4) is 0 Å². The predicted molar refractivity (Wildman–Crippen MR) is 93.0 cm³/mol. The van der Waals surface area contributed by atoms with E-state index in [1.54, 1.807) is 57.7 Å². The molecule has 2 heterocycles. The van der Waals surface area contributed by atoms with Crippen molar-refractivity contribution in [1.82, 2.24) is 20.4 Å². The van der Waals surface area contributed by atoms with E-state index in [1.165, 1.54) is 6.20 Å². The smallest absolute Gasteiger partial charge is 0.253 e. The minimum Gasteiger partial charge on any atom is -0.493 e. The Morgan fingerprint density at radius 1 is 1.19 bits per heavy atom. The zero-order valence-corrected chi connectivity index (χ0v) is 14.6. The molecule has 0 aliphatic heterocycles. The van der Waals surface area contributed by atoms with E-state index in [1.807, 2.05) is 0 Å². The van der Waals surface area contributed by atoms with Crippen molar-refractivity contribution in [3.8, 4) is 22.9 Å². The maximum absolute atomic E-state index is 12.2. The number of amides is 1. The lowest BCUT2D eigenvalue weighted by Gasteiger charge is -2.09. The Morgan fingerprint density at radius 3 is 2.69 bits per heavy atom. The van der Waals surface area contributed by atoms with Gasteiger partial charge in [0.15, 0.2) is 11.5 Å². The van der Waals surface area contributed by atoms with Gasteiger partial charge >= 0.3 is 0 Å². The zero-order valence-electron chi connectivity index (χ0n) is 14.6. The molecule has 0 radical (unpaired) electrons. The fraction of sp³-hybridized carbons (Fsp3) is 0.222. The molecular formula is C18H18N4O4. The summed E-state index contributed by atoms with van der Waals surface area (Å²) < 4.78 is 15.8. The van der Waals surface area contributed by atoms with Gasteiger partial charge in [-0.1, -0.05) is 5.16 Å². The van der Waals surface area contributed by atoms with Crippen molar-refractivity contribution in [2.75, 3.05) is 14.2 Å². The number of ether oxygens (including phenoxy) is 2. The highest BCUT2D eigenvalue weighted by Gasteiger charge is 2.19. The van der Waals surface area contributed by atoms with E-state index in [0.29, 0.717) is 34.3 Å². The van der Waals surface area contributed by atoms with Gasteiger partial charge in [-0.2, -0.15) is 4.98 Å². The van der Waals surface area contributed by atoms with Gasteiger partial charge in [0, 0.05) is 18.0 Å². The summed E-state index contributed by atoms with van der Waals surface area (Å²) in [4.78, 5) is 20.5. The van der Waals surface area contributed by atoms with E-state index in [-0.39, 0.29) is 5.91 Å². The van der Waals surface area contributed by atoms with Gasteiger partial charge in [0.1, 0.15) is 6.04 Å². The topological polar surface area (TPSA) is 99.4 Å². The van der Waals surface area contributed by atoms with Gasteiger partial charge in [-0.05, 0) is 37.3 Å². The van der Waals surface area contributed by atoms with Crippen molar-refractivity contribution in [3.63, 3.8) is 0 Å². The molecule has 0 aliphatic carbocycles. The number of nitrogens with one attached hydrogen (secondary N) is 1. The quantitative estimate of drug-likeness (QED) is 0.726. The van der Waals surface area contributed by atoms with Crippen LogP contribution in [0.4, 0.5) is 0 Å². The van der Waals surface area contributed by atoms with Gasteiger partial charge in [0.05, 0.1) is 19.8 Å². The highest BCUT2D eigenvalue weighted by molar-refractivity contribution is 5.93. The van der Waals surface area contributed by atoms with Crippen LogP contribution in [0.2, 0.25) is 0 Å². The number of aromatic nitrogens is 3. The lowest BCUT2D eigenvalue weighted by molar-refractivity contribution is 0.0932. The van der Waals surface area contributed by atoms with Gasteiger partial charge in [-0.25, -0.2) is 0 Å². The number of pyridine rings is 1. The van der Waals surface area contributed by atoms with Gasteiger partial charge in [0.25, 0.3) is 5.91 Å². The average molecular weight is 354 g/mol. The van der Waals surface area contributed by atoms with Gasteiger partial charge in [-0.3, -0.25) is 9.78 Å². The molecule has 1 amide bonds. The maximum atomic E-state index is 12.2. The molecule has 0 fully saturated rings. The molecule has 0 unspecified atom stereocenters. The number of hydrogen-bond acceptors (Lipinski definition) is 7. The van der Waals surface area contributed by atoms with Crippen molar-refractivity contribution in [2.45, 2.75) is 13.0 Å². The minimum atomic E-state index is -0.455. The molecule has 134 valence electrons. The van der Waals surface area contributed by atoms with Crippen LogP contribution in [-0.4, -0.2) is 35.3 Å². The first-order valence-electron chi connectivity index (χ1n) is 7.89. The van der Waals surface area contributed by atoms with Gasteiger partial charge < -0.3 is 19.3 Å². The first kappa shape index (κ1) is 17.4. The molecule has 3 rings (SSSR count). The summed E-state index contributed by atoms with van der Waals surface area (Å²) >= 11 is 0.